The molecule has 0 bridgehead atoms. The van der Waals surface area contributed by atoms with E-state index in [-0.39, 0.29) is 5.92 Å². The van der Waals surface area contributed by atoms with Crippen molar-refractivity contribution >= 4 is 5.97 Å². The molecular formula is C6H10O2. The van der Waals surface area contributed by atoms with E-state index in [2.05, 4.69) is 0 Å². The summed E-state index contributed by atoms with van der Waals surface area (Å²) < 4.78 is 0. The molecule has 2 heteroatoms. The molecule has 0 aliphatic heterocycles. The second-order valence-corrected chi connectivity index (χ2v) is 1.65. The van der Waals surface area contributed by atoms with E-state index in [1.807, 2.05) is 0 Å². The van der Waals surface area contributed by atoms with Crippen LogP contribution in [0.2, 0.25) is 0 Å². The van der Waals surface area contributed by atoms with Gasteiger partial charge in [0.15, 0.2) is 0 Å². The van der Waals surface area contributed by atoms with E-state index in [1.165, 1.54) is 0 Å². The molecule has 0 fully saturated rings. The van der Waals surface area contributed by atoms with Crippen molar-refractivity contribution in [2.45, 2.75) is 13.8 Å². The zero-order chi connectivity index (χ0) is 6.57. The Hall–Kier alpha value is -0.790. The number of carbonyl (C=O) groups is 1. The van der Waals surface area contributed by atoms with Crippen molar-refractivity contribution in [1.82, 2.24) is 0 Å². The summed E-state index contributed by atoms with van der Waals surface area (Å²) in [7, 11) is 0. The van der Waals surface area contributed by atoms with Gasteiger partial charge in [-0.1, -0.05) is 12.2 Å². The Labute approximate surface area is 48.8 Å². The highest BCUT2D eigenvalue weighted by molar-refractivity contribution is 5.71. The first kappa shape index (κ1) is 7.21. The molecule has 0 aromatic carbocycles. The summed E-state index contributed by atoms with van der Waals surface area (Å²) in [6, 6.07) is 0. The minimum absolute atomic E-state index is 0.347. The van der Waals surface area contributed by atoms with Gasteiger partial charge in [0.1, 0.15) is 0 Å². The minimum atomic E-state index is -0.775. The first-order chi connectivity index (χ1) is 3.68. The summed E-state index contributed by atoms with van der Waals surface area (Å²) in [5, 5.41) is 8.26. The maximum absolute atomic E-state index is 10.0. The zero-order valence-corrected chi connectivity index (χ0v) is 5.09. The van der Waals surface area contributed by atoms with Gasteiger partial charge in [0, 0.05) is 0 Å². The van der Waals surface area contributed by atoms with Crippen molar-refractivity contribution in [3.05, 3.63) is 12.2 Å². The Balaban J connectivity index is 3.64. The number of aliphatic carboxylic acids is 1. The monoisotopic (exact) mass is 114 g/mol. The summed E-state index contributed by atoms with van der Waals surface area (Å²) in [4.78, 5) is 10.0. The fourth-order valence-corrected chi connectivity index (χ4v) is 0.371. The van der Waals surface area contributed by atoms with Crippen molar-refractivity contribution < 1.29 is 9.90 Å². The highest BCUT2D eigenvalue weighted by Crippen LogP contribution is 1.94. The third-order valence-electron chi connectivity index (χ3n) is 0.871. The predicted molar refractivity (Wildman–Crippen MR) is 31.6 cm³/mol. The Morgan fingerprint density at radius 3 is 2.38 bits per heavy atom. The van der Waals surface area contributed by atoms with Crippen molar-refractivity contribution in [3.8, 4) is 0 Å². The average molecular weight is 114 g/mol. The number of allylic oxidation sites excluding steroid dienone is 1. The van der Waals surface area contributed by atoms with Gasteiger partial charge in [-0.3, -0.25) is 4.79 Å². The SMILES string of the molecule is C/C=C/[C@H](C)C(=O)O. The van der Waals surface area contributed by atoms with E-state index in [9.17, 15) is 4.79 Å². The molecule has 2 nitrogen and oxygen atoms in total. The van der Waals surface area contributed by atoms with Crippen molar-refractivity contribution in [3.63, 3.8) is 0 Å². The summed E-state index contributed by atoms with van der Waals surface area (Å²) >= 11 is 0. The van der Waals surface area contributed by atoms with E-state index in [4.69, 9.17) is 5.11 Å². The highest BCUT2D eigenvalue weighted by Gasteiger charge is 2.03. The van der Waals surface area contributed by atoms with Gasteiger partial charge in [0.25, 0.3) is 0 Å². The third kappa shape index (κ3) is 2.39. The second kappa shape index (κ2) is 3.24. The van der Waals surface area contributed by atoms with E-state index in [1.54, 1.807) is 26.0 Å². The van der Waals surface area contributed by atoms with Gasteiger partial charge < -0.3 is 5.11 Å². The summed E-state index contributed by atoms with van der Waals surface area (Å²) in [5.41, 5.74) is 0. The second-order valence-electron chi connectivity index (χ2n) is 1.65. The van der Waals surface area contributed by atoms with Gasteiger partial charge in [-0.05, 0) is 13.8 Å². The molecule has 0 saturated carbocycles. The number of hydrogen-bond acceptors (Lipinski definition) is 1. The number of carboxylic acid groups (broad SMARTS) is 1. The maximum atomic E-state index is 10.0. The molecule has 0 aliphatic rings. The van der Waals surface area contributed by atoms with Gasteiger partial charge >= 0.3 is 5.97 Å². The Morgan fingerprint density at radius 2 is 2.25 bits per heavy atom. The smallest absolute Gasteiger partial charge is 0.310 e. The molecule has 1 atom stereocenters. The lowest BCUT2D eigenvalue weighted by atomic mass is 10.2. The number of carboxylic acids is 1. The maximum Gasteiger partial charge on any atom is 0.310 e. The third-order valence-corrected chi connectivity index (χ3v) is 0.871. The lowest BCUT2D eigenvalue weighted by Gasteiger charge is -1.93. The lowest BCUT2D eigenvalue weighted by Crippen LogP contribution is -2.05. The zero-order valence-electron chi connectivity index (χ0n) is 5.09. The van der Waals surface area contributed by atoms with E-state index >= 15 is 0 Å². The van der Waals surface area contributed by atoms with E-state index < -0.39 is 5.97 Å². The summed E-state index contributed by atoms with van der Waals surface area (Å²) in [6.45, 7) is 3.45. The Kier molecular flexibility index (Phi) is 2.92. The minimum Gasteiger partial charge on any atom is -0.481 e. The molecule has 0 aliphatic carbocycles. The van der Waals surface area contributed by atoms with E-state index in [0.29, 0.717) is 0 Å². The normalized spacial score (nSPS) is 14.2. The Morgan fingerprint density at radius 1 is 1.75 bits per heavy atom. The first-order valence-corrected chi connectivity index (χ1v) is 2.54. The molecule has 0 rings (SSSR count). The van der Waals surface area contributed by atoms with Gasteiger partial charge in [-0.25, -0.2) is 0 Å². The van der Waals surface area contributed by atoms with Crippen molar-refractivity contribution in [1.29, 1.82) is 0 Å². The fourth-order valence-electron chi connectivity index (χ4n) is 0.371. The predicted octanol–water partition coefficient (Wildman–Crippen LogP) is 1.28. The Bertz CT molecular complexity index is 105. The lowest BCUT2D eigenvalue weighted by molar-refractivity contribution is -0.139. The van der Waals surface area contributed by atoms with Crippen LogP contribution in [0.3, 0.4) is 0 Å². The van der Waals surface area contributed by atoms with Crippen LogP contribution in [-0.4, -0.2) is 11.1 Å². The molecular weight excluding hydrogens is 104 g/mol. The molecule has 0 saturated heterocycles. The topological polar surface area (TPSA) is 37.3 Å². The molecule has 0 amide bonds. The van der Waals surface area contributed by atoms with E-state index in [0.717, 1.165) is 0 Å². The van der Waals surface area contributed by atoms with Crippen LogP contribution in [0.1, 0.15) is 13.8 Å². The van der Waals surface area contributed by atoms with Gasteiger partial charge in [-0.15, -0.1) is 0 Å². The number of rotatable bonds is 2. The van der Waals surface area contributed by atoms with Crippen LogP contribution in [0.5, 0.6) is 0 Å². The molecule has 0 radical (unpaired) electrons. The number of hydrogen-bond donors (Lipinski definition) is 1. The van der Waals surface area contributed by atoms with Crippen LogP contribution in [0.15, 0.2) is 12.2 Å². The highest BCUT2D eigenvalue weighted by atomic mass is 16.4. The summed E-state index contributed by atoms with van der Waals surface area (Å²) in [5.74, 6) is -1.12. The molecule has 46 valence electrons. The molecule has 8 heavy (non-hydrogen) atoms. The molecule has 1 N–H and O–H groups in total. The van der Waals surface area contributed by atoms with Gasteiger partial charge in [0.2, 0.25) is 0 Å². The van der Waals surface area contributed by atoms with Crippen LogP contribution < -0.4 is 0 Å². The van der Waals surface area contributed by atoms with Crippen molar-refractivity contribution in [2.75, 3.05) is 0 Å². The van der Waals surface area contributed by atoms with Gasteiger partial charge in [-0.2, -0.15) is 0 Å². The van der Waals surface area contributed by atoms with Crippen LogP contribution in [0.25, 0.3) is 0 Å². The fraction of sp³-hybridized carbons (Fsp3) is 0.500. The molecule has 0 aromatic heterocycles. The quantitative estimate of drug-likeness (QED) is 0.549. The van der Waals surface area contributed by atoms with Crippen LogP contribution in [0, 0.1) is 5.92 Å². The largest absolute Gasteiger partial charge is 0.481 e. The first-order valence-electron chi connectivity index (χ1n) is 2.54. The molecule has 0 heterocycles. The van der Waals surface area contributed by atoms with Crippen LogP contribution >= 0.6 is 0 Å². The van der Waals surface area contributed by atoms with Crippen molar-refractivity contribution in [2.24, 2.45) is 5.92 Å². The molecule has 0 aromatic rings. The van der Waals surface area contributed by atoms with Gasteiger partial charge in [0.05, 0.1) is 5.92 Å². The standard InChI is InChI=1S/C6H10O2/c1-3-4-5(2)6(7)8/h3-5H,1-2H3,(H,7,8)/b4-3+/t5-/m0/s1. The summed E-state index contributed by atoms with van der Waals surface area (Å²) in [6.07, 6.45) is 3.38. The average Bonchev–Trinajstić information content (AvgIpc) is 1.67. The molecule has 0 spiro atoms. The van der Waals surface area contributed by atoms with Crippen LogP contribution in [0.4, 0.5) is 0 Å². The van der Waals surface area contributed by atoms with Crippen LogP contribution in [-0.2, 0) is 4.79 Å². The molecule has 0 unspecified atom stereocenters.